The summed E-state index contributed by atoms with van der Waals surface area (Å²) in [5.74, 6) is -1.78. The predicted octanol–water partition coefficient (Wildman–Crippen LogP) is 4.36. The van der Waals surface area contributed by atoms with Crippen LogP contribution in [0.25, 0.3) is 0 Å². The van der Waals surface area contributed by atoms with E-state index >= 15 is 0 Å². The molecule has 0 fully saturated rings. The molecule has 0 aliphatic rings. The molecule has 0 bridgehead atoms. The van der Waals surface area contributed by atoms with Gasteiger partial charge in [0.25, 0.3) is 5.91 Å². The average molecular weight is 410 g/mol. The van der Waals surface area contributed by atoms with Crippen LogP contribution in [0.5, 0.6) is 0 Å². The molecule has 0 heterocycles. The number of nitrogens with one attached hydrogen (secondary N) is 1. The van der Waals surface area contributed by atoms with Crippen LogP contribution in [0, 0.1) is 0 Å². The van der Waals surface area contributed by atoms with Crippen LogP contribution in [0.3, 0.4) is 0 Å². The van der Waals surface area contributed by atoms with Crippen LogP contribution in [-0.2, 0) is 14.3 Å². The smallest absolute Gasteiger partial charge is 0.341 e. The van der Waals surface area contributed by atoms with E-state index in [4.69, 9.17) is 32.7 Å². The normalized spacial score (nSPS) is 10.2. The summed E-state index contributed by atoms with van der Waals surface area (Å²) in [5.41, 5.74) is 0.823. The van der Waals surface area contributed by atoms with Gasteiger partial charge in [0.1, 0.15) is 0 Å². The molecular formula is C19H17Cl2NO5. The monoisotopic (exact) mass is 409 g/mol. The Bertz CT molecular complexity index is 816. The van der Waals surface area contributed by atoms with Gasteiger partial charge >= 0.3 is 11.9 Å². The minimum absolute atomic E-state index is 0.00331. The van der Waals surface area contributed by atoms with Gasteiger partial charge in [-0.1, -0.05) is 36.2 Å². The lowest BCUT2D eigenvalue weighted by atomic mass is 10.2. The molecule has 27 heavy (non-hydrogen) atoms. The van der Waals surface area contributed by atoms with E-state index < -0.39 is 24.5 Å². The topological polar surface area (TPSA) is 81.7 Å². The lowest BCUT2D eigenvalue weighted by Crippen LogP contribution is -2.21. The first-order valence-corrected chi connectivity index (χ1v) is 8.86. The van der Waals surface area contributed by atoms with Gasteiger partial charge in [0.2, 0.25) is 0 Å². The molecule has 0 spiro atoms. The summed E-state index contributed by atoms with van der Waals surface area (Å²) in [6, 6.07) is 10.7. The third kappa shape index (κ3) is 5.98. The zero-order chi connectivity index (χ0) is 19.8. The average Bonchev–Trinajstić information content (AvgIpc) is 2.65. The number of halogens is 2. The van der Waals surface area contributed by atoms with Gasteiger partial charge in [0.05, 0.1) is 27.8 Å². The number of hydrogen-bond acceptors (Lipinski definition) is 5. The van der Waals surface area contributed by atoms with Gasteiger partial charge < -0.3 is 14.8 Å². The van der Waals surface area contributed by atoms with E-state index in [9.17, 15) is 14.4 Å². The van der Waals surface area contributed by atoms with E-state index in [1.54, 1.807) is 18.2 Å². The van der Waals surface area contributed by atoms with Crippen molar-refractivity contribution in [2.75, 3.05) is 18.5 Å². The summed E-state index contributed by atoms with van der Waals surface area (Å²) in [6.45, 7) is 1.73. The van der Waals surface area contributed by atoms with Gasteiger partial charge in [-0.3, -0.25) is 4.79 Å². The molecule has 0 saturated heterocycles. The number of ether oxygens (including phenoxy) is 2. The molecule has 142 valence electrons. The Morgan fingerprint density at radius 2 is 1.56 bits per heavy atom. The molecule has 1 amide bonds. The Morgan fingerprint density at radius 3 is 2.15 bits per heavy atom. The van der Waals surface area contributed by atoms with E-state index in [0.29, 0.717) is 17.9 Å². The highest BCUT2D eigenvalue weighted by atomic mass is 35.5. The van der Waals surface area contributed by atoms with Crippen molar-refractivity contribution in [3.8, 4) is 0 Å². The Labute approximate surface area is 166 Å². The summed E-state index contributed by atoms with van der Waals surface area (Å²) in [4.78, 5) is 35.7. The molecule has 0 radical (unpaired) electrons. The molecule has 8 heteroatoms. The first-order valence-electron chi connectivity index (χ1n) is 8.10. The fourth-order valence-electron chi connectivity index (χ4n) is 2.06. The van der Waals surface area contributed by atoms with Gasteiger partial charge in [-0.2, -0.15) is 0 Å². The summed E-state index contributed by atoms with van der Waals surface area (Å²) in [6.07, 6.45) is 0.734. The maximum Gasteiger partial charge on any atom is 0.341 e. The van der Waals surface area contributed by atoms with E-state index in [1.807, 2.05) is 6.92 Å². The number of carbonyl (C=O) groups excluding carboxylic acids is 3. The van der Waals surface area contributed by atoms with Crippen molar-refractivity contribution in [2.24, 2.45) is 0 Å². The van der Waals surface area contributed by atoms with Crippen LogP contribution in [0.4, 0.5) is 5.69 Å². The van der Waals surface area contributed by atoms with E-state index in [0.717, 1.165) is 6.42 Å². The van der Waals surface area contributed by atoms with Crippen LogP contribution in [-0.4, -0.2) is 31.1 Å². The Kier molecular flexibility index (Phi) is 7.64. The van der Waals surface area contributed by atoms with Crippen molar-refractivity contribution in [3.63, 3.8) is 0 Å². The number of benzene rings is 2. The standard InChI is InChI=1S/C19H17Cl2NO5/c1-2-10-26-18(24)12-6-8-13(9-7-12)22-16(23)11-27-19(25)17-14(20)4-3-5-15(17)21/h3-9H,2,10-11H2,1H3,(H,22,23). The largest absolute Gasteiger partial charge is 0.462 e. The molecule has 2 aromatic rings. The molecule has 1 N–H and O–H groups in total. The number of amides is 1. The van der Waals surface area contributed by atoms with Crippen LogP contribution in [0.15, 0.2) is 42.5 Å². The Hall–Kier alpha value is -2.57. The second-order valence-corrected chi connectivity index (χ2v) is 6.25. The van der Waals surface area contributed by atoms with Crippen LogP contribution in [0.2, 0.25) is 10.0 Å². The van der Waals surface area contributed by atoms with Gasteiger partial charge in [-0.05, 0) is 42.8 Å². The predicted molar refractivity (Wildman–Crippen MR) is 102 cm³/mol. The highest BCUT2D eigenvalue weighted by Crippen LogP contribution is 2.24. The zero-order valence-electron chi connectivity index (χ0n) is 14.5. The molecule has 0 unspecified atom stereocenters. The van der Waals surface area contributed by atoms with Crippen molar-refractivity contribution in [3.05, 3.63) is 63.6 Å². The minimum atomic E-state index is -0.797. The number of anilines is 1. The van der Waals surface area contributed by atoms with Crippen LogP contribution < -0.4 is 5.32 Å². The van der Waals surface area contributed by atoms with Crippen molar-refractivity contribution >= 4 is 46.7 Å². The van der Waals surface area contributed by atoms with Gasteiger partial charge in [-0.15, -0.1) is 0 Å². The van der Waals surface area contributed by atoms with Crippen molar-refractivity contribution in [1.29, 1.82) is 0 Å². The van der Waals surface area contributed by atoms with Crippen molar-refractivity contribution in [1.82, 2.24) is 0 Å². The summed E-state index contributed by atoms with van der Waals surface area (Å²) in [7, 11) is 0. The highest BCUT2D eigenvalue weighted by molar-refractivity contribution is 6.39. The zero-order valence-corrected chi connectivity index (χ0v) is 16.0. The third-order valence-electron chi connectivity index (χ3n) is 3.34. The number of hydrogen-bond donors (Lipinski definition) is 1. The number of rotatable bonds is 7. The van der Waals surface area contributed by atoms with Crippen molar-refractivity contribution in [2.45, 2.75) is 13.3 Å². The molecule has 0 saturated carbocycles. The highest BCUT2D eigenvalue weighted by Gasteiger charge is 2.17. The molecule has 6 nitrogen and oxygen atoms in total. The third-order valence-corrected chi connectivity index (χ3v) is 3.97. The Morgan fingerprint density at radius 1 is 0.926 bits per heavy atom. The lowest BCUT2D eigenvalue weighted by molar-refractivity contribution is -0.119. The molecule has 2 aromatic carbocycles. The van der Waals surface area contributed by atoms with E-state index in [2.05, 4.69) is 5.32 Å². The van der Waals surface area contributed by atoms with Gasteiger partial charge in [-0.25, -0.2) is 9.59 Å². The summed E-state index contributed by atoms with van der Waals surface area (Å²) in [5, 5.41) is 2.83. The summed E-state index contributed by atoms with van der Waals surface area (Å²) >= 11 is 11.8. The molecule has 0 atom stereocenters. The molecule has 0 aliphatic heterocycles. The fourth-order valence-corrected chi connectivity index (χ4v) is 2.61. The second kappa shape index (κ2) is 9.94. The van der Waals surface area contributed by atoms with E-state index in [-0.39, 0.29) is 15.6 Å². The maximum atomic E-state index is 12.0. The molecular weight excluding hydrogens is 393 g/mol. The quantitative estimate of drug-likeness (QED) is 0.687. The van der Waals surface area contributed by atoms with Crippen LogP contribution in [0.1, 0.15) is 34.1 Å². The first-order chi connectivity index (χ1) is 12.9. The van der Waals surface area contributed by atoms with Gasteiger partial charge in [0, 0.05) is 5.69 Å². The van der Waals surface area contributed by atoms with Crippen LogP contribution >= 0.6 is 23.2 Å². The van der Waals surface area contributed by atoms with Crippen molar-refractivity contribution < 1.29 is 23.9 Å². The molecule has 2 rings (SSSR count). The molecule has 0 aromatic heterocycles. The maximum absolute atomic E-state index is 12.0. The minimum Gasteiger partial charge on any atom is -0.462 e. The number of carbonyl (C=O) groups is 3. The summed E-state index contributed by atoms with van der Waals surface area (Å²) < 4.78 is 9.96. The van der Waals surface area contributed by atoms with E-state index in [1.165, 1.54) is 24.3 Å². The SMILES string of the molecule is CCCOC(=O)c1ccc(NC(=O)COC(=O)c2c(Cl)cccc2Cl)cc1. The lowest BCUT2D eigenvalue weighted by Gasteiger charge is -2.09. The van der Waals surface area contributed by atoms with Gasteiger partial charge in [0.15, 0.2) is 6.61 Å². The molecule has 0 aliphatic carbocycles. The second-order valence-electron chi connectivity index (χ2n) is 5.43. The number of esters is 2. The fraction of sp³-hybridized carbons (Fsp3) is 0.211. The first kappa shape index (κ1) is 20.7. The Balaban J connectivity index is 1.88.